The lowest BCUT2D eigenvalue weighted by atomic mass is 10.3. The molecule has 0 aliphatic carbocycles. The average molecular weight is 241 g/mol. The van der Waals surface area contributed by atoms with Gasteiger partial charge in [-0.1, -0.05) is 20.8 Å². The third kappa shape index (κ3) is 5.64. The standard InChI is InChI=1S/C13H23NOS/c1-4-12-6-7-13(16-12)10-15-9-5-8-14-11(2)3/h6-7,11,14H,4-5,8-10H2,1-3H3. The summed E-state index contributed by atoms with van der Waals surface area (Å²) < 4.78 is 5.63. The number of hydrogen-bond acceptors (Lipinski definition) is 3. The molecule has 0 saturated carbocycles. The maximum atomic E-state index is 5.63. The fourth-order valence-corrected chi connectivity index (χ4v) is 2.32. The predicted molar refractivity (Wildman–Crippen MR) is 71.1 cm³/mol. The van der Waals surface area contributed by atoms with Crippen LogP contribution in [0.15, 0.2) is 12.1 Å². The molecule has 1 N–H and O–H groups in total. The highest BCUT2D eigenvalue weighted by molar-refractivity contribution is 7.11. The van der Waals surface area contributed by atoms with E-state index < -0.39 is 0 Å². The lowest BCUT2D eigenvalue weighted by Crippen LogP contribution is -2.24. The van der Waals surface area contributed by atoms with Crippen LogP contribution in [0.3, 0.4) is 0 Å². The zero-order valence-corrected chi connectivity index (χ0v) is 11.4. The van der Waals surface area contributed by atoms with E-state index in [2.05, 4.69) is 38.2 Å². The van der Waals surface area contributed by atoms with Gasteiger partial charge in [-0.25, -0.2) is 0 Å². The highest BCUT2D eigenvalue weighted by Gasteiger charge is 1.98. The van der Waals surface area contributed by atoms with Crippen LogP contribution in [-0.4, -0.2) is 19.2 Å². The maximum Gasteiger partial charge on any atom is 0.0809 e. The first kappa shape index (κ1) is 13.7. The largest absolute Gasteiger partial charge is 0.376 e. The Hall–Kier alpha value is -0.380. The molecule has 1 rings (SSSR count). The average Bonchev–Trinajstić information content (AvgIpc) is 2.70. The van der Waals surface area contributed by atoms with Crippen molar-refractivity contribution < 1.29 is 4.74 Å². The lowest BCUT2D eigenvalue weighted by Gasteiger charge is -2.07. The molecule has 0 amide bonds. The molecule has 0 saturated heterocycles. The maximum absolute atomic E-state index is 5.63. The fraction of sp³-hybridized carbons (Fsp3) is 0.692. The summed E-state index contributed by atoms with van der Waals surface area (Å²) in [6.07, 6.45) is 2.22. The van der Waals surface area contributed by atoms with Crippen LogP contribution in [0.5, 0.6) is 0 Å². The number of ether oxygens (including phenoxy) is 1. The Balaban J connectivity index is 2.02. The van der Waals surface area contributed by atoms with Crippen molar-refractivity contribution in [3.05, 3.63) is 21.9 Å². The Morgan fingerprint density at radius 2 is 2.06 bits per heavy atom. The van der Waals surface area contributed by atoms with Gasteiger partial charge in [0.05, 0.1) is 6.61 Å². The molecule has 0 fully saturated rings. The van der Waals surface area contributed by atoms with E-state index in [9.17, 15) is 0 Å². The zero-order chi connectivity index (χ0) is 11.8. The first-order chi connectivity index (χ1) is 7.72. The third-order valence-corrected chi connectivity index (χ3v) is 3.53. The Morgan fingerprint density at radius 1 is 1.31 bits per heavy atom. The topological polar surface area (TPSA) is 21.3 Å². The second-order valence-electron chi connectivity index (χ2n) is 4.24. The number of aryl methyl sites for hydroxylation is 1. The van der Waals surface area contributed by atoms with Crippen molar-refractivity contribution in [3.63, 3.8) is 0 Å². The smallest absolute Gasteiger partial charge is 0.0809 e. The molecule has 0 atom stereocenters. The van der Waals surface area contributed by atoms with Gasteiger partial charge in [-0.2, -0.15) is 0 Å². The van der Waals surface area contributed by atoms with Crippen molar-refractivity contribution in [1.82, 2.24) is 5.32 Å². The van der Waals surface area contributed by atoms with Crippen LogP contribution in [0.4, 0.5) is 0 Å². The van der Waals surface area contributed by atoms with Gasteiger partial charge in [0.15, 0.2) is 0 Å². The zero-order valence-electron chi connectivity index (χ0n) is 10.6. The summed E-state index contributed by atoms with van der Waals surface area (Å²) in [5.41, 5.74) is 0. The van der Waals surface area contributed by atoms with E-state index in [-0.39, 0.29) is 0 Å². The summed E-state index contributed by atoms with van der Waals surface area (Å²) in [4.78, 5) is 2.79. The molecule has 1 aromatic heterocycles. The van der Waals surface area contributed by atoms with E-state index in [1.165, 1.54) is 9.75 Å². The van der Waals surface area contributed by atoms with E-state index in [0.717, 1.165) is 32.6 Å². The molecule has 2 nitrogen and oxygen atoms in total. The van der Waals surface area contributed by atoms with Gasteiger partial charge in [-0.05, 0) is 31.5 Å². The molecule has 0 bridgehead atoms. The molecular formula is C13H23NOS. The SMILES string of the molecule is CCc1ccc(COCCCNC(C)C)s1. The number of thiophene rings is 1. The van der Waals surface area contributed by atoms with Crippen molar-refractivity contribution in [3.8, 4) is 0 Å². The fourth-order valence-electron chi connectivity index (χ4n) is 1.43. The second kappa shape index (κ2) is 7.82. The van der Waals surface area contributed by atoms with Crippen LogP contribution < -0.4 is 5.32 Å². The first-order valence-electron chi connectivity index (χ1n) is 6.11. The summed E-state index contributed by atoms with van der Waals surface area (Å²) >= 11 is 1.86. The van der Waals surface area contributed by atoms with E-state index >= 15 is 0 Å². The summed E-state index contributed by atoms with van der Waals surface area (Å²) in [5, 5.41) is 3.38. The normalized spacial score (nSPS) is 11.2. The number of rotatable bonds is 8. The van der Waals surface area contributed by atoms with Crippen molar-refractivity contribution in [2.75, 3.05) is 13.2 Å². The Labute approximate surface area is 103 Å². The molecule has 0 unspecified atom stereocenters. The van der Waals surface area contributed by atoms with Crippen molar-refractivity contribution in [2.24, 2.45) is 0 Å². The molecule has 1 aromatic rings. The third-order valence-electron chi connectivity index (χ3n) is 2.33. The van der Waals surface area contributed by atoms with Crippen LogP contribution in [-0.2, 0) is 17.8 Å². The van der Waals surface area contributed by atoms with Gasteiger partial charge in [0.25, 0.3) is 0 Å². The minimum absolute atomic E-state index is 0.574. The van der Waals surface area contributed by atoms with E-state index in [0.29, 0.717) is 6.04 Å². The Kier molecular flexibility index (Phi) is 6.69. The van der Waals surface area contributed by atoms with Gasteiger partial charge in [0.2, 0.25) is 0 Å². The van der Waals surface area contributed by atoms with Crippen LogP contribution >= 0.6 is 11.3 Å². The Bertz CT molecular complexity index is 283. The molecule has 0 aliphatic rings. The van der Waals surface area contributed by atoms with Crippen molar-refractivity contribution >= 4 is 11.3 Å². The quantitative estimate of drug-likeness (QED) is 0.706. The Morgan fingerprint density at radius 3 is 2.69 bits per heavy atom. The first-order valence-corrected chi connectivity index (χ1v) is 6.92. The summed E-state index contributed by atoms with van der Waals surface area (Å²) in [5.74, 6) is 0. The molecular weight excluding hydrogens is 218 g/mol. The molecule has 0 radical (unpaired) electrons. The second-order valence-corrected chi connectivity index (χ2v) is 5.49. The highest BCUT2D eigenvalue weighted by Crippen LogP contribution is 2.17. The molecule has 0 aromatic carbocycles. The highest BCUT2D eigenvalue weighted by atomic mass is 32.1. The molecule has 0 aliphatic heterocycles. The summed E-state index contributed by atoms with van der Waals surface area (Å²) in [6, 6.07) is 4.95. The van der Waals surface area contributed by atoms with Gasteiger partial charge in [-0.3, -0.25) is 0 Å². The van der Waals surface area contributed by atoms with Crippen LogP contribution in [0.1, 0.15) is 36.9 Å². The van der Waals surface area contributed by atoms with Crippen LogP contribution in [0, 0.1) is 0 Å². The molecule has 0 spiro atoms. The predicted octanol–water partition coefficient (Wildman–Crippen LogP) is 3.22. The van der Waals surface area contributed by atoms with E-state index in [4.69, 9.17) is 4.74 Å². The monoisotopic (exact) mass is 241 g/mol. The van der Waals surface area contributed by atoms with Gasteiger partial charge in [-0.15, -0.1) is 11.3 Å². The van der Waals surface area contributed by atoms with Gasteiger partial charge >= 0.3 is 0 Å². The van der Waals surface area contributed by atoms with E-state index in [1.807, 2.05) is 11.3 Å². The van der Waals surface area contributed by atoms with Crippen molar-refractivity contribution in [2.45, 2.75) is 46.3 Å². The van der Waals surface area contributed by atoms with Crippen LogP contribution in [0.2, 0.25) is 0 Å². The molecule has 16 heavy (non-hydrogen) atoms. The van der Waals surface area contributed by atoms with E-state index in [1.54, 1.807) is 0 Å². The van der Waals surface area contributed by atoms with Crippen LogP contribution in [0.25, 0.3) is 0 Å². The minimum Gasteiger partial charge on any atom is -0.376 e. The molecule has 1 heterocycles. The summed E-state index contributed by atoms with van der Waals surface area (Å²) in [7, 11) is 0. The van der Waals surface area contributed by atoms with Crippen molar-refractivity contribution in [1.29, 1.82) is 0 Å². The number of nitrogens with one attached hydrogen (secondary N) is 1. The molecule has 3 heteroatoms. The number of hydrogen-bond donors (Lipinski definition) is 1. The lowest BCUT2D eigenvalue weighted by molar-refractivity contribution is 0.120. The van der Waals surface area contributed by atoms with Gasteiger partial charge in [0, 0.05) is 22.4 Å². The van der Waals surface area contributed by atoms with Gasteiger partial charge in [0.1, 0.15) is 0 Å². The van der Waals surface area contributed by atoms with Gasteiger partial charge < -0.3 is 10.1 Å². The minimum atomic E-state index is 0.574. The summed E-state index contributed by atoms with van der Waals surface area (Å²) in [6.45, 7) is 9.18. The molecule has 92 valence electrons.